The van der Waals surface area contributed by atoms with E-state index in [1.807, 2.05) is 6.92 Å². The first-order chi connectivity index (χ1) is 7.70. The van der Waals surface area contributed by atoms with E-state index in [1.165, 1.54) is 12.8 Å². The number of piperidine rings is 1. The second-order valence-electron chi connectivity index (χ2n) is 4.90. The van der Waals surface area contributed by atoms with Crippen molar-refractivity contribution in [1.82, 2.24) is 15.3 Å². The van der Waals surface area contributed by atoms with E-state index in [9.17, 15) is 0 Å². The Morgan fingerprint density at radius 1 is 1.31 bits per heavy atom. The Balaban J connectivity index is 1.94. The normalized spacial score (nSPS) is 19.4. The van der Waals surface area contributed by atoms with Crippen LogP contribution in [0.4, 0.5) is 5.82 Å². The zero-order valence-corrected chi connectivity index (χ0v) is 10.1. The Bertz CT molecular complexity index is 345. The molecule has 1 saturated heterocycles. The number of aryl methyl sites for hydroxylation is 1. The topological polar surface area (TPSA) is 49.8 Å². The summed E-state index contributed by atoms with van der Waals surface area (Å²) in [4.78, 5) is 8.53. The van der Waals surface area contributed by atoms with Crippen molar-refractivity contribution in [1.29, 1.82) is 0 Å². The maximum absolute atomic E-state index is 4.30. The fourth-order valence-corrected chi connectivity index (χ4v) is 2.09. The quantitative estimate of drug-likeness (QED) is 0.812. The lowest BCUT2D eigenvalue weighted by atomic mass is 9.81. The number of anilines is 1. The summed E-state index contributed by atoms with van der Waals surface area (Å²) in [6, 6.07) is 0. The highest BCUT2D eigenvalue weighted by Gasteiger charge is 2.26. The monoisotopic (exact) mass is 220 g/mol. The third-order valence-electron chi connectivity index (χ3n) is 3.37. The predicted octanol–water partition coefficient (Wildman–Crippen LogP) is 1.59. The van der Waals surface area contributed by atoms with Crippen LogP contribution in [0.25, 0.3) is 0 Å². The van der Waals surface area contributed by atoms with Gasteiger partial charge in [-0.05, 0) is 38.3 Å². The molecule has 16 heavy (non-hydrogen) atoms. The van der Waals surface area contributed by atoms with Gasteiger partial charge in [-0.3, -0.25) is 4.98 Å². The third-order valence-corrected chi connectivity index (χ3v) is 3.37. The van der Waals surface area contributed by atoms with Gasteiger partial charge in [-0.2, -0.15) is 0 Å². The van der Waals surface area contributed by atoms with Crippen LogP contribution in [0.15, 0.2) is 12.4 Å². The molecule has 0 saturated carbocycles. The van der Waals surface area contributed by atoms with Crippen molar-refractivity contribution in [3.05, 3.63) is 18.1 Å². The van der Waals surface area contributed by atoms with Gasteiger partial charge in [-0.15, -0.1) is 0 Å². The summed E-state index contributed by atoms with van der Waals surface area (Å²) in [6.07, 6.45) is 5.91. The van der Waals surface area contributed by atoms with Crippen LogP contribution in [0.2, 0.25) is 0 Å². The second kappa shape index (κ2) is 4.78. The molecule has 0 spiro atoms. The summed E-state index contributed by atoms with van der Waals surface area (Å²) in [5.41, 5.74) is 1.36. The number of nitrogens with one attached hydrogen (secondary N) is 2. The van der Waals surface area contributed by atoms with E-state index in [0.29, 0.717) is 5.41 Å². The first-order valence-electron chi connectivity index (χ1n) is 5.92. The number of hydrogen-bond donors (Lipinski definition) is 2. The van der Waals surface area contributed by atoms with Gasteiger partial charge in [0.2, 0.25) is 0 Å². The van der Waals surface area contributed by atoms with Crippen molar-refractivity contribution in [2.75, 3.05) is 25.0 Å². The molecule has 0 radical (unpaired) electrons. The van der Waals surface area contributed by atoms with E-state index in [2.05, 4.69) is 27.5 Å². The maximum atomic E-state index is 4.30. The molecule has 4 nitrogen and oxygen atoms in total. The summed E-state index contributed by atoms with van der Waals surface area (Å²) < 4.78 is 0. The molecule has 1 aliphatic rings. The smallest absolute Gasteiger partial charge is 0.147 e. The highest BCUT2D eigenvalue weighted by molar-refractivity contribution is 5.38. The van der Waals surface area contributed by atoms with Gasteiger partial charge < -0.3 is 10.6 Å². The lowest BCUT2D eigenvalue weighted by molar-refractivity contribution is 0.247. The highest BCUT2D eigenvalue weighted by Crippen LogP contribution is 2.28. The summed E-state index contributed by atoms with van der Waals surface area (Å²) >= 11 is 0. The van der Waals surface area contributed by atoms with Crippen LogP contribution >= 0.6 is 0 Å². The molecule has 0 aliphatic carbocycles. The molecule has 2 rings (SSSR count). The Kier molecular flexibility index (Phi) is 3.39. The summed E-state index contributed by atoms with van der Waals surface area (Å²) in [5.74, 6) is 0.919. The number of aromatic nitrogens is 2. The maximum Gasteiger partial charge on any atom is 0.147 e. The summed E-state index contributed by atoms with van der Waals surface area (Å²) in [5, 5.41) is 6.82. The minimum Gasteiger partial charge on any atom is -0.368 e. The van der Waals surface area contributed by atoms with Crippen LogP contribution in [0.1, 0.15) is 25.5 Å². The molecule has 88 valence electrons. The molecule has 1 aromatic rings. The molecule has 1 aliphatic heterocycles. The Morgan fingerprint density at radius 2 is 2.00 bits per heavy atom. The van der Waals surface area contributed by atoms with Crippen molar-refractivity contribution in [2.24, 2.45) is 5.41 Å². The number of hydrogen-bond acceptors (Lipinski definition) is 4. The lowest BCUT2D eigenvalue weighted by Gasteiger charge is -2.34. The highest BCUT2D eigenvalue weighted by atomic mass is 15.0. The fourth-order valence-electron chi connectivity index (χ4n) is 2.09. The minimum absolute atomic E-state index is 0.384. The second-order valence-corrected chi connectivity index (χ2v) is 4.90. The lowest BCUT2D eigenvalue weighted by Crippen LogP contribution is -2.39. The van der Waals surface area contributed by atoms with Crippen molar-refractivity contribution < 1.29 is 0 Å². The van der Waals surface area contributed by atoms with E-state index in [-0.39, 0.29) is 0 Å². The summed E-state index contributed by atoms with van der Waals surface area (Å²) in [7, 11) is 0. The van der Waals surface area contributed by atoms with E-state index in [0.717, 1.165) is 31.1 Å². The molecule has 0 unspecified atom stereocenters. The fraction of sp³-hybridized carbons (Fsp3) is 0.667. The first-order valence-corrected chi connectivity index (χ1v) is 5.92. The van der Waals surface area contributed by atoms with Crippen molar-refractivity contribution in [3.63, 3.8) is 0 Å². The predicted molar refractivity (Wildman–Crippen MR) is 65.5 cm³/mol. The Hall–Kier alpha value is -1.16. The molecule has 2 heterocycles. The molecule has 0 aromatic carbocycles. The Morgan fingerprint density at radius 3 is 2.69 bits per heavy atom. The standard InChI is InChI=1S/C12H20N4/c1-10-11(15-8-7-14-10)16-9-12(2)3-5-13-6-4-12/h7-8,13H,3-6,9H2,1-2H3,(H,15,16). The van der Waals surface area contributed by atoms with E-state index < -0.39 is 0 Å². The number of rotatable bonds is 3. The third kappa shape index (κ3) is 2.70. The zero-order valence-electron chi connectivity index (χ0n) is 10.1. The molecule has 0 amide bonds. The molecule has 0 bridgehead atoms. The molecule has 1 fully saturated rings. The van der Waals surface area contributed by atoms with Crippen LogP contribution in [0.3, 0.4) is 0 Å². The average molecular weight is 220 g/mol. The van der Waals surface area contributed by atoms with Crippen LogP contribution in [0.5, 0.6) is 0 Å². The van der Waals surface area contributed by atoms with Crippen LogP contribution in [0, 0.1) is 12.3 Å². The van der Waals surface area contributed by atoms with Crippen LogP contribution in [-0.2, 0) is 0 Å². The van der Waals surface area contributed by atoms with Crippen molar-refractivity contribution >= 4 is 5.82 Å². The van der Waals surface area contributed by atoms with Gasteiger partial charge in [0.05, 0.1) is 5.69 Å². The largest absolute Gasteiger partial charge is 0.368 e. The molecular weight excluding hydrogens is 200 g/mol. The number of nitrogens with zero attached hydrogens (tertiary/aromatic N) is 2. The van der Waals surface area contributed by atoms with Crippen molar-refractivity contribution in [2.45, 2.75) is 26.7 Å². The van der Waals surface area contributed by atoms with E-state index >= 15 is 0 Å². The van der Waals surface area contributed by atoms with Gasteiger partial charge in [0.25, 0.3) is 0 Å². The Labute approximate surface area is 96.9 Å². The van der Waals surface area contributed by atoms with Gasteiger partial charge in [-0.1, -0.05) is 6.92 Å². The van der Waals surface area contributed by atoms with Crippen LogP contribution < -0.4 is 10.6 Å². The zero-order chi connectivity index (χ0) is 11.4. The van der Waals surface area contributed by atoms with Crippen molar-refractivity contribution in [3.8, 4) is 0 Å². The van der Waals surface area contributed by atoms with Gasteiger partial charge >= 0.3 is 0 Å². The first kappa shape index (κ1) is 11.3. The minimum atomic E-state index is 0.384. The van der Waals surface area contributed by atoms with Gasteiger partial charge in [0.15, 0.2) is 0 Å². The SMILES string of the molecule is Cc1nccnc1NCC1(C)CCNCC1. The molecular formula is C12H20N4. The average Bonchev–Trinajstić information content (AvgIpc) is 2.29. The van der Waals surface area contributed by atoms with E-state index in [1.54, 1.807) is 12.4 Å². The van der Waals surface area contributed by atoms with E-state index in [4.69, 9.17) is 0 Å². The molecule has 0 atom stereocenters. The summed E-state index contributed by atoms with van der Waals surface area (Å²) in [6.45, 7) is 7.55. The molecule has 2 N–H and O–H groups in total. The van der Waals surface area contributed by atoms with Gasteiger partial charge in [0.1, 0.15) is 5.82 Å². The molecule has 4 heteroatoms. The van der Waals surface area contributed by atoms with Gasteiger partial charge in [-0.25, -0.2) is 4.98 Å². The molecule has 1 aromatic heterocycles. The van der Waals surface area contributed by atoms with Crippen LogP contribution in [-0.4, -0.2) is 29.6 Å². The van der Waals surface area contributed by atoms with Gasteiger partial charge in [0, 0.05) is 18.9 Å².